The second-order valence-electron chi connectivity index (χ2n) is 7.31. The highest BCUT2D eigenvalue weighted by Crippen LogP contribution is 2.72. The largest absolute Gasteiger partial charge is 0.493 e. The van der Waals surface area contributed by atoms with Gasteiger partial charge in [-0.2, -0.15) is 5.10 Å². The van der Waals surface area contributed by atoms with Gasteiger partial charge in [-0.15, -0.1) is 0 Å². The number of aliphatic hydroxyl groups is 1. The third-order valence-corrected chi connectivity index (χ3v) is 6.24. The van der Waals surface area contributed by atoms with E-state index in [9.17, 15) is 5.11 Å². The molecule has 3 atom stereocenters. The van der Waals surface area contributed by atoms with E-state index < -0.39 is 5.60 Å². The zero-order valence-electron chi connectivity index (χ0n) is 13.2. The Balaban J connectivity index is 2.24. The Hall–Kier alpha value is -1.03. The van der Waals surface area contributed by atoms with Crippen LogP contribution in [0, 0.1) is 16.7 Å². The molecule has 1 aromatic heterocycles. The normalized spacial score (nSPS) is 38.4. The standard InChI is InChI=1S/C16H26N2O2/c1-6-18-13(12(20-5)10-17-18)16(19)14(2,3)11-7-8-15(16,4)9-11/h10-11,19H,6-9H2,1-5H3. The molecule has 1 aromatic rings. The first-order chi connectivity index (χ1) is 9.31. The number of aromatic nitrogens is 2. The Labute approximate surface area is 121 Å². The molecule has 0 amide bonds. The molecule has 2 saturated carbocycles. The highest BCUT2D eigenvalue weighted by Gasteiger charge is 2.70. The van der Waals surface area contributed by atoms with E-state index in [0.717, 1.165) is 30.8 Å². The van der Waals surface area contributed by atoms with Crippen LogP contribution in [0.2, 0.25) is 0 Å². The van der Waals surface area contributed by atoms with E-state index in [2.05, 4.69) is 32.8 Å². The van der Waals surface area contributed by atoms with E-state index in [4.69, 9.17) is 4.74 Å². The predicted octanol–water partition coefficient (Wildman–Crippen LogP) is 2.95. The Morgan fingerprint density at radius 2 is 2.15 bits per heavy atom. The van der Waals surface area contributed by atoms with E-state index in [1.165, 1.54) is 6.42 Å². The van der Waals surface area contributed by atoms with Crippen molar-refractivity contribution in [1.82, 2.24) is 9.78 Å². The fraction of sp³-hybridized carbons (Fsp3) is 0.812. The number of nitrogens with zero attached hydrogens (tertiary/aromatic N) is 2. The summed E-state index contributed by atoms with van der Waals surface area (Å²) in [6.45, 7) is 9.44. The molecule has 1 N–H and O–H groups in total. The molecule has 2 aliphatic rings. The summed E-state index contributed by atoms with van der Waals surface area (Å²) >= 11 is 0. The number of ether oxygens (including phenoxy) is 1. The molecule has 2 aliphatic carbocycles. The molecule has 4 nitrogen and oxygen atoms in total. The van der Waals surface area contributed by atoms with Gasteiger partial charge < -0.3 is 9.84 Å². The quantitative estimate of drug-likeness (QED) is 0.924. The van der Waals surface area contributed by atoms with Gasteiger partial charge in [0.2, 0.25) is 0 Å². The molecule has 2 fully saturated rings. The van der Waals surface area contributed by atoms with Gasteiger partial charge in [0.15, 0.2) is 5.75 Å². The number of hydrogen-bond donors (Lipinski definition) is 1. The van der Waals surface area contributed by atoms with Crippen LogP contribution >= 0.6 is 0 Å². The molecule has 0 aromatic carbocycles. The summed E-state index contributed by atoms with van der Waals surface area (Å²) in [6, 6.07) is 0. The third kappa shape index (κ3) is 1.33. The number of rotatable bonds is 3. The molecule has 112 valence electrons. The van der Waals surface area contributed by atoms with Gasteiger partial charge in [-0.25, -0.2) is 0 Å². The summed E-state index contributed by atoms with van der Waals surface area (Å²) in [4.78, 5) is 0. The van der Waals surface area contributed by atoms with Crippen LogP contribution in [0.15, 0.2) is 6.20 Å². The van der Waals surface area contributed by atoms with Crippen molar-refractivity contribution in [3.8, 4) is 5.75 Å². The summed E-state index contributed by atoms with van der Waals surface area (Å²) in [7, 11) is 1.66. The zero-order chi connectivity index (χ0) is 14.8. The summed E-state index contributed by atoms with van der Waals surface area (Å²) in [5.41, 5.74) is -0.236. The van der Waals surface area contributed by atoms with Gasteiger partial charge in [-0.05, 0) is 32.1 Å². The fourth-order valence-corrected chi connectivity index (χ4v) is 4.97. The molecule has 0 aliphatic heterocycles. The third-order valence-electron chi connectivity index (χ3n) is 6.24. The number of methoxy groups -OCH3 is 1. The van der Waals surface area contributed by atoms with E-state index in [-0.39, 0.29) is 10.8 Å². The van der Waals surface area contributed by atoms with Crippen molar-refractivity contribution in [2.75, 3.05) is 7.11 Å². The van der Waals surface area contributed by atoms with Gasteiger partial charge in [0.25, 0.3) is 0 Å². The van der Waals surface area contributed by atoms with Gasteiger partial charge in [-0.1, -0.05) is 20.8 Å². The first-order valence-electron chi connectivity index (χ1n) is 7.64. The van der Waals surface area contributed by atoms with E-state index in [0.29, 0.717) is 5.92 Å². The maximum Gasteiger partial charge on any atom is 0.162 e. The van der Waals surface area contributed by atoms with E-state index in [1.807, 2.05) is 4.68 Å². The average Bonchev–Trinajstić information content (AvgIpc) is 3.04. The van der Waals surface area contributed by atoms with Crippen molar-refractivity contribution >= 4 is 0 Å². The van der Waals surface area contributed by atoms with Crippen molar-refractivity contribution < 1.29 is 9.84 Å². The zero-order valence-corrected chi connectivity index (χ0v) is 13.2. The molecule has 3 unspecified atom stereocenters. The SMILES string of the molecule is CCn1ncc(OC)c1C1(O)C2(C)CCC(C2)C1(C)C. The second kappa shape index (κ2) is 4.00. The van der Waals surface area contributed by atoms with Crippen LogP contribution in [0.25, 0.3) is 0 Å². The van der Waals surface area contributed by atoms with Gasteiger partial charge in [0.05, 0.1) is 13.3 Å². The number of hydrogen-bond acceptors (Lipinski definition) is 3. The predicted molar refractivity (Wildman–Crippen MR) is 77.6 cm³/mol. The second-order valence-corrected chi connectivity index (χ2v) is 7.31. The molecule has 1 heterocycles. The molecule has 0 radical (unpaired) electrons. The van der Waals surface area contributed by atoms with Crippen molar-refractivity contribution in [2.24, 2.45) is 16.7 Å². The van der Waals surface area contributed by atoms with E-state index in [1.54, 1.807) is 13.3 Å². The lowest BCUT2D eigenvalue weighted by molar-refractivity contribution is -0.157. The summed E-state index contributed by atoms with van der Waals surface area (Å²) < 4.78 is 7.42. The molecule has 2 bridgehead atoms. The highest BCUT2D eigenvalue weighted by molar-refractivity contribution is 5.38. The van der Waals surface area contributed by atoms with Gasteiger partial charge in [0, 0.05) is 17.4 Å². The molecule has 0 spiro atoms. The molecular weight excluding hydrogens is 252 g/mol. The molecule has 20 heavy (non-hydrogen) atoms. The molecule has 0 saturated heterocycles. The van der Waals surface area contributed by atoms with Gasteiger partial charge in [-0.3, -0.25) is 4.68 Å². The van der Waals surface area contributed by atoms with E-state index >= 15 is 0 Å². The van der Waals surface area contributed by atoms with Crippen LogP contribution in [0.3, 0.4) is 0 Å². The van der Waals surface area contributed by atoms with Crippen LogP contribution < -0.4 is 4.74 Å². The summed E-state index contributed by atoms with van der Waals surface area (Å²) in [5, 5.41) is 16.2. The minimum absolute atomic E-state index is 0.0819. The Bertz CT molecular complexity index is 508. The maximum absolute atomic E-state index is 11.8. The van der Waals surface area contributed by atoms with Crippen molar-refractivity contribution in [2.45, 2.75) is 59.1 Å². The first kappa shape index (κ1) is 13.9. The van der Waals surface area contributed by atoms with Crippen LogP contribution in [0.1, 0.15) is 52.7 Å². The molecule has 4 heteroatoms. The van der Waals surface area contributed by atoms with Gasteiger partial charge in [0.1, 0.15) is 11.3 Å². The van der Waals surface area contributed by atoms with Crippen molar-refractivity contribution in [3.05, 3.63) is 11.9 Å². The van der Waals surface area contributed by atoms with Gasteiger partial charge >= 0.3 is 0 Å². The minimum atomic E-state index is -0.874. The van der Waals surface area contributed by atoms with Crippen molar-refractivity contribution in [3.63, 3.8) is 0 Å². The Kier molecular flexibility index (Phi) is 2.79. The lowest BCUT2D eigenvalue weighted by Gasteiger charge is -2.50. The smallest absolute Gasteiger partial charge is 0.162 e. The first-order valence-corrected chi connectivity index (χ1v) is 7.64. The molecular formula is C16H26N2O2. The number of fused-ring (bicyclic) bond motifs is 2. The minimum Gasteiger partial charge on any atom is -0.493 e. The van der Waals surface area contributed by atoms with Crippen molar-refractivity contribution in [1.29, 1.82) is 0 Å². The Morgan fingerprint density at radius 3 is 2.65 bits per heavy atom. The summed E-state index contributed by atoms with van der Waals surface area (Å²) in [5.74, 6) is 1.29. The highest BCUT2D eigenvalue weighted by atomic mass is 16.5. The van der Waals surface area contributed by atoms with Crippen LogP contribution in [0.4, 0.5) is 0 Å². The Morgan fingerprint density at radius 1 is 1.45 bits per heavy atom. The van der Waals surface area contributed by atoms with Crippen LogP contribution in [-0.2, 0) is 12.1 Å². The average molecular weight is 278 g/mol. The van der Waals surface area contributed by atoms with Crippen LogP contribution in [-0.4, -0.2) is 22.0 Å². The lowest BCUT2D eigenvalue weighted by Crippen LogP contribution is -2.52. The number of aryl methyl sites for hydroxylation is 1. The van der Waals surface area contributed by atoms with Crippen LogP contribution in [0.5, 0.6) is 5.75 Å². The fourth-order valence-electron chi connectivity index (χ4n) is 4.97. The maximum atomic E-state index is 11.8. The lowest BCUT2D eigenvalue weighted by atomic mass is 9.59. The monoisotopic (exact) mass is 278 g/mol. The topological polar surface area (TPSA) is 47.3 Å². The summed E-state index contributed by atoms with van der Waals surface area (Å²) in [6.07, 6.45) is 5.13. The molecule has 3 rings (SSSR count).